The van der Waals surface area contributed by atoms with Crippen LogP contribution in [0.4, 0.5) is 18.9 Å². The van der Waals surface area contributed by atoms with E-state index in [0.717, 1.165) is 24.1 Å². The van der Waals surface area contributed by atoms with Gasteiger partial charge in [0.25, 0.3) is 0 Å². The van der Waals surface area contributed by atoms with E-state index in [1.54, 1.807) is 0 Å². The lowest BCUT2D eigenvalue weighted by molar-refractivity contribution is -0.138. The number of halogens is 3. The van der Waals surface area contributed by atoms with Crippen molar-refractivity contribution in [1.29, 1.82) is 0 Å². The molecule has 0 aliphatic carbocycles. The summed E-state index contributed by atoms with van der Waals surface area (Å²) in [6.45, 7) is 0.00244. The lowest BCUT2D eigenvalue weighted by atomic mass is 10.1. The van der Waals surface area contributed by atoms with Gasteiger partial charge in [-0.1, -0.05) is 0 Å². The average Bonchev–Trinajstić information content (AvgIpc) is 2.66. The Morgan fingerprint density at radius 1 is 1.42 bits per heavy atom. The minimum atomic E-state index is -4.57. The Morgan fingerprint density at radius 2 is 2.11 bits per heavy atom. The molecule has 0 saturated carbocycles. The first-order valence-electron chi connectivity index (χ1n) is 5.56. The molecular weight excluding hydrogens is 263 g/mol. The van der Waals surface area contributed by atoms with E-state index < -0.39 is 23.8 Å². The third-order valence-electron chi connectivity index (χ3n) is 2.90. The second-order valence-corrected chi connectivity index (χ2v) is 4.24. The molecule has 1 amide bonds. The molecule has 1 unspecified atom stereocenters. The van der Waals surface area contributed by atoms with Gasteiger partial charge in [-0.25, -0.2) is 0 Å². The Bertz CT molecular complexity index is 501. The first kappa shape index (κ1) is 13.7. The van der Waals surface area contributed by atoms with Gasteiger partial charge in [-0.2, -0.15) is 13.2 Å². The number of benzene rings is 1. The molecule has 7 heteroatoms. The summed E-state index contributed by atoms with van der Waals surface area (Å²) in [6, 6.07) is 3.38. The molecule has 0 radical (unpaired) electrons. The summed E-state index contributed by atoms with van der Waals surface area (Å²) >= 11 is 0. The fourth-order valence-electron chi connectivity index (χ4n) is 2.02. The summed E-state index contributed by atoms with van der Waals surface area (Å²) in [5.41, 5.74) is -0.837. The Kier molecular flexibility index (Phi) is 3.40. The number of amides is 1. The summed E-state index contributed by atoms with van der Waals surface area (Å²) in [4.78, 5) is 12.7. The third-order valence-corrected chi connectivity index (χ3v) is 2.90. The Hall–Kier alpha value is -1.76. The number of alkyl halides is 3. The summed E-state index contributed by atoms with van der Waals surface area (Å²) in [5, 5.41) is 9.35. The van der Waals surface area contributed by atoms with Gasteiger partial charge in [-0.05, 0) is 18.2 Å². The number of aliphatic hydroxyl groups excluding tert-OH is 1. The lowest BCUT2D eigenvalue weighted by Gasteiger charge is -2.19. The number of hydrogen-bond acceptors (Lipinski definition) is 3. The highest BCUT2D eigenvalue weighted by Gasteiger charge is 2.36. The van der Waals surface area contributed by atoms with Crippen LogP contribution in [0.1, 0.15) is 12.0 Å². The maximum Gasteiger partial charge on any atom is 0.420 e. The van der Waals surface area contributed by atoms with Gasteiger partial charge < -0.3 is 14.7 Å². The zero-order chi connectivity index (χ0) is 14.2. The number of hydrogen-bond donors (Lipinski definition) is 1. The molecule has 2 rings (SSSR count). The van der Waals surface area contributed by atoms with E-state index >= 15 is 0 Å². The molecule has 1 atom stereocenters. The van der Waals surface area contributed by atoms with Crippen LogP contribution >= 0.6 is 0 Å². The number of anilines is 1. The van der Waals surface area contributed by atoms with Crippen LogP contribution in [0.15, 0.2) is 18.2 Å². The van der Waals surface area contributed by atoms with Crippen LogP contribution in [0.3, 0.4) is 0 Å². The van der Waals surface area contributed by atoms with Gasteiger partial charge in [-0.15, -0.1) is 0 Å². The van der Waals surface area contributed by atoms with Crippen molar-refractivity contribution in [3.63, 3.8) is 0 Å². The number of methoxy groups -OCH3 is 1. The fourth-order valence-corrected chi connectivity index (χ4v) is 2.02. The van der Waals surface area contributed by atoms with E-state index in [0.29, 0.717) is 0 Å². The van der Waals surface area contributed by atoms with Crippen molar-refractivity contribution >= 4 is 11.6 Å². The topological polar surface area (TPSA) is 49.8 Å². The van der Waals surface area contributed by atoms with Crippen LogP contribution in [0.5, 0.6) is 5.75 Å². The molecular formula is C12H12F3NO3. The molecule has 1 aliphatic rings. The largest absolute Gasteiger partial charge is 0.496 e. The van der Waals surface area contributed by atoms with Crippen molar-refractivity contribution in [3.05, 3.63) is 23.8 Å². The highest BCUT2D eigenvalue weighted by molar-refractivity contribution is 5.96. The van der Waals surface area contributed by atoms with Gasteiger partial charge >= 0.3 is 6.18 Å². The summed E-state index contributed by atoms with van der Waals surface area (Å²) in [5.74, 6) is -0.700. The average molecular weight is 275 g/mol. The van der Waals surface area contributed by atoms with Crippen LogP contribution in [-0.2, 0) is 11.0 Å². The zero-order valence-corrected chi connectivity index (χ0v) is 10.1. The molecule has 0 bridgehead atoms. The molecule has 1 aliphatic heterocycles. The van der Waals surface area contributed by atoms with Crippen molar-refractivity contribution in [2.75, 3.05) is 18.6 Å². The maximum absolute atomic E-state index is 12.8. The summed E-state index contributed by atoms with van der Waals surface area (Å²) in [7, 11) is 1.15. The van der Waals surface area contributed by atoms with Gasteiger partial charge in [0.05, 0.1) is 31.7 Å². The van der Waals surface area contributed by atoms with E-state index in [1.807, 2.05) is 0 Å². The van der Waals surface area contributed by atoms with E-state index in [-0.39, 0.29) is 24.4 Å². The number of β-amino-alcohol motifs (C(OH)–C–C–N with tert-alkyl or cyclic N) is 1. The molecule has 1 N–H and O–H groups in total. The summed E-state index contributed by atoms with van der Waals surface area (Å²) < 4.78 is 43.2. The quantitative estimate of drug-likeness (QED) is 0.895. The molecule has 0 aromatic heterocycles. The molecule has 1 aromatic rings. The Labute approximate surface area is 107 Å². The third kappa shape index (κ3) is 2.65. The summed E-state index contributed by atoms with van der Waals surface area (Å²) in [6.07, 6.45) is -5.49. The van der Waals surface area contributed by atoms with E-state index in [2.05, 4.69) is 4.74 Å². The highest BCUT2D eigenvalue weighted by Crippen LogP contribution is 2.39. The Balaban J connectivity index is 2.41. The predicted molar refractivity (Wildman–Crippen MR) is 61.0 cm³/mol. The highest BCUT2D eigenvalue weighted by atomic mass is 19.4. The second-order valence-electron chi connectivity index (χ2n) is 4.24. The molecule has 104 valence electrons. The number of ether oxygens (including phenoxy) is 1. The molecule has 1 heterocycles. The van der Waals surface area contributed by atoms with Crippen molar-refractivity contribution in [2.45, 2.75) is 18.7 Å². The normalized spacial score (nSPS) is 19.9. The SMILES string of the molecule is COc1ccc(N2CC(O)CC2=O)cc1C(F)(F)F. The Morgan fingerprint density at radius 3 is 2.58 bits per heavy atom. The lowest BCUT2D eigenvalue weighted by Crippen LogP contribution is -2.25. The van der Waals surface area contributed by atoms with E-state index in [4.69, 9.17) is 0 Å². The predicted octanol–water partition coefficient (Wildman–Crippen LogP) is 1.81. The minimum absolute atomic E-state index is 0.00244. The smallest absolute Gasteiger partial charge is 0.420 e. The molecule has 1 saturated heterocycles. The van der Waals surface area contributed by atoms with E-state index in [9.17, 15) is 23.1 Å². The number of aliphatic hydroxyl groups is 1. The molecule has 19 heavy (non-hydrogen) atoms. The first-order chi connectivity index (χ1) is 8.82. The van der Waals surface area contributed by atoms with Gasteiger partial charge in [0.15, 0.2) is 0 Å². The molecule has 1 aromatic carbocycles. The van der Waals surface area contributed by atoms with Crippen LogP contribution in [0, 0.1) is 0 Å². The van der Waals surface area contributed by atoms with Crippen LogP contribution in [0.25, 0.3) is 0 Å². The standard InChI is InChI=1S/C12H12F3NO3/c1-19-10-3-2-7(4-9(10)12(13,14)15)16-6-8(17)5-11(16)18/h2-4,8,17H,5-6H2,1H3. The van der Waals surface area contributed by atoms with Gasteiger partial charge in [0, 0.05) is 5.69 Å². The van der Waals surface area contributed by atoms with Crippen molar-refractivity contribution < 1.29 is 27.8 Å². The van der Waals surface area contributed by atoms with Crippen LogP contribution in [-0.4, -0.2) is 30.8 Å². The molecule has 0 spiro atoms. The van der Waals surface area contributed by atoms with Gasteiger partial charge in [0.2, 0.25) is 5.91 Å². The van der Waals surface area contributed by atoms with Crippen molar-refractivity contribution in [1.82, 2.24) is 0 Å². The second kappa shape index (κ2) is 4.73. The van der Waals surface area contributed by atoms with Crippen molar-refractivity contribution in [2.24, 2.45) is 0 Å². The van der Waals surface area contributed by atoms with Crippen molar-refractivity contribution in [3.8, 4) is 5.75 Å². The van der Waals surface area contributed by atoms with E-state index in [1.165, 1.54) is 6.07 Å². The fraction of sp³-hybridized carbons (Fsp3) is 0.417. The number of nitrogens with zero attached hydrogens (tertiary/aromatic N) is 1. The number of carbonyl (C=O) groups excluding carboxylic acids is 1. The number of carbonyl (C=O) groups is 1. The molecule has 4 nitrogen and oxygen atoms in total. The van der Waals surface area contributed by atoms with Crippen LogP contribution in [0.2, 0.25) is 0 Å². The van der Waals surface area contributed by atoms with Crippen LogP contribution < -0.4 is 9.64 Å². The van der Waals surface area contributed by atoms with Gasteiger partial charge in [-0.3, -0.25) is 4.79 Å². The van der Waals surface area contributed by atoms with Gasteiger partial charge in [0.1, 0.15) is 5.75 Å². The minimum Gasteiger partial charge on any atom is -0.496 e. The molecule has 1 fully saturated rings. The first-order valence-corrected chi connectivity index (χ1v) is 5.56. The number of rotatable bonds is 2. The monoisotopic (exact) mass is 275 g/mol. The maximum atomic E-state index is 12.8. The zero-order valence-electron chi connectivity index (χ0n) is 10.1.